The third kappa shape index (κ3) is 4.09. The summed E-state index contributed by atoms with van der Waals surface area (Å²) in [7, 11) is 0. The molecule has 6 nitrogen and oxygen atoms in total. The number of halogens is 1. The number of ketones is 1. The molecule has 2 aliphatic rings. The predicted molar refractivity (Wildman–Crippen MR) is 111 cm³/mol. The summed E-state index contributed by atoms with van der Waals surface area (Å²) in [5.41, 5.74) is 0.889. The van der Waals surface area contributed by atoms with E-state index in [1.807, 2.05) is 0 Å². The highest BCUT2D eigenvalue weighted by Crippen LogP contribution is 2.39. The normalized spacial score (nSPS) is 20.5. The average molecular weight is 434 g/mol. The summed E-state index contributed by atoms with van der Waals surface area (Å²) in [6, 6.07) is 9.92. The predicted octanol–water partition coefficient (Wildman–Crippen LogP) is 1.89. The Morgan fingerprint density at radius 2 is 1.97 bits per heavy atom. The number of ether oxygens (including phenoxy) is 1. The van der Waals surface area contributed by atoms with Crippen LogP contribution in [0.15, 0.2) is 53.1 Å². The first-order chi connectivity index (χ1) is 14.1. The van der Waals surface area contributed by atoms with E-state index in [-0.39, 0.29) is 11.4 Å². The Bertz CT molecular complexity index is 921. The lowest BCUT2D eigenvalue weighted by Crippen LogP contribution is -3.14. The minimum Gasteiger partial charge on any atom is -0.503 e. The summed E-state index contributed by atoms with van der Waals surface area (Å²) in [6.07, 6.45) is 0. The first kappa shape index (κ1) is 20.1. The van der Waals surface area contributed by atoms with Crippen molar-refractivity contribution in [3.8, 4) is 0 Å². The van der Waals surface area contributed by atoms with Crippen LogP contribution in [0.3, 0.4) is 0 Å². The van der Waals surface area contributed by atoms with Gasteiger partial charge >= 0.3 is 0 Å². The number of aliphatic hydroxyl groups excluding tert-OH is 1. The van der Waals surface area contributed by atoms with Crippen LogP contribution in [0.4, 0.5) is 0 Å². The molecule has 2 aliphatic heterocycles. The molecule has 1 saturated heterocycles. The van der Waals surface area contributed by atoms with Gasteiger partial charge in [-0.2, -0.15) is 0 Å². The summed E-state index contributed by atoms with van der Waals surface area (Å²) in [6.45, 7) is 4.34. The number of Topliss-reactive ketones (excluding diaryl/α,β-unsaturated/α-hetero) is 1. The van der Waals surface area contributed by atoms with E-state index in [1.165, 1.54) is 16.2 Å². The topological polar surface area (TPSA) is 71.3 Å². The van der Waals surface area contributed by atoms with Crippen molar-refractivity contribution in [3.05, 3.63) is 68.6 Å². The van der Waals surface area contributed by atoms with Gasteiger partial charge in [-0.25, -0.2) is 0 Å². The fourth-order valence-corrected chi connectivity index (χ4v) is 4.64. The highest BCUT2D eigenvalue weighted by Gasteiger charge is 2.44. The Labute approximate surface area is 177 Å². The minimum atomic E-state index is -0.630. The first-order valence-corrected chi connectivity index (χ1v) is 10.8. The molecule has 0 aliphatic carbocycles. The number of carbonyl (C=O) groups is 2. The van der Waals surface area contributed by atoms with Crippen molar-refractivity contribution in [2.24, 2.45) is 0 Å². The summed E-state index contributed by atoms with van der Waals surface area (Å²) in [5.74, 6) is -1.27. The first-order valence-electron chi connectivity index (χ1n) is 9.55. The van der Waals surface area contributed by atoms with E-state index in [2.05, 4.69) is 0 Å². The summed E-state index contributed by atoms with van der Waals surface area (Å²) in [5, 5.41) is 13.0. The van der Waals surface area contributed by atoms with Crippen LogP contribution < -0.4 is 4.90 Å². The van der Waals surface area contributed by atoms with E-state index < -0.39 is 17.7 Å². The molecule has 0 spiro atoms. The van der Waals surface area contributed by atoms with E-state index >= 15 is 0 Å². The molecule has 2 aromatic rings. The largest absolute Gasteiger partial charge is 0.503 e. The number of thiophene rings is 1. The average Bonchev–Trinajstić information content (AvgIpc) is 3.36. The third-order valence-electron chi connectivity index (χ3n) is 5.39. The van der Waals surface area contributed by atoms with E-state index in [0.29, 0.717) is 29.7 Å². The molecule has 1 fully saturated rings. The van der Waals surface area contributed by atoms with E-state index in [1.54, 1.807) is 46.7 Å². The molecule has 0 saturated carbocycles. The Morgan fingerprint density at radius 3 is 2.62 bits per heavy atom. The van der Waals surface area contributed by atoms with Gasteiger partial charge in [-0.3, -0.25) is 9.59 Å². The molecule has 1 amide bonds. The number of nitrogens with one attached hydrogen (secondary N) is 1. The van der Waals surface area contributed by atoms with Gasteiger partial charge in [0.05, 0.1) is 42.8 Å². The second-order valence-electron chi connectivity index (χ2n) is 7.13. The highest BCUT2D eigenvalue weighted by molar-refractivity contribution is 7.12. The number of quaternary nitrogens is 1. The zero-order valence-corrected chi connectivity index (χ0v) is 17.3. The summed E-state index contributed by atoms with van der Waals surface area (Å²) in [4.78, 5) is 29.5. The molecule has 1 unspecified atom stereocenters. The zero-order valence-electron chi connectivity index (χ0n) is 15.8. The molecule has 1 atom stereocenters. The standard InChI is InChI=1S/C21H21ClN2O4S/c22-15-5-3-14(4-6-15)18-17(19(25)16-2-1-13-29-16)20(26)21(27)24(18)8-7-23-9-11-28-12-10-23/h1-6,13,18,26H,7-12H2/p+1. The SMILES string of the molecule is O=C(C1=C(O)C(=O)N(CC[NH+]2CCOCC2)C1c1ccc(Cl)cc1)c1cccs1. The van der Waals surface area contributed by atoms with E-state index in [0.717, 1.165) is 25.2 Å². The van der Waals surface area contributed by atoms with Crippen molar-refractivity contribution in [1.29, 1.82) is 0 Å². The third-order valence-corrected chi connectivity index (χ3v) is 6.51. The van der Waals surface area contributed by atoms with E-state index in [9.17, 15) is 14.7 Å². The van der Waals surface area contributed by atoms with Gasteiger partial charge in [-0.1, -0.05) is 29.8 Å². The molecule has 0 radical (unpaired) electrons. The second-order valence-corrected chi connectivity index (χ2v) is 8.52. The zero-order chi connectivity index (χ0) is 20.4. The van der Waals surface area contributed by atoms with Crippen LogP contribution >= 0.6 is 22.9 Å². The lowest BCUT2D eigenvalue weighted by Gasteiger charge is -2.30. The lowest BCUT2D eigenvalue weighted by atomic mass is 9.95. The van der Waals surface area contributed by atoms with E-state index in [4.69, 9.17) is 16.3 Å². The van der Waals surface area contributed by atoms with Crippen molar-refractivity contribution in [2.45, 2.75) is 6.04 Å². The van der Waals surface area contributed by atoms with Gasteiger partial charge in [-0.15, -0.1) is 11.3 Å². The number of aliphatic hydroxyl groups is 1. The van der Waals surface area contributed by atoms with Crippen molar-refractivity contribution in [1.82, 2.24) is 4.90 Å². The van der Waals surface area contributed by atoms with Crippen LogP contribution in [0.5, 0.6) is 0 Å². The number of benzene rings is 1. The molecule has 3 heterocycles. The van der Waals surface area contributed by atoms with Crippen LogP contribution in [0.2, 0.25) is 5.02 Å². The Hall–Kier alpha value is -2.19. The monoisotopic (exact) mass is 433 g/mol. The number of hydrogen-bond acceptors (Lipinski definition) is 5. The van der Waals surface area contributed by atoms with Gasteiger partial charge in [-0.05, 0) is 29.1 Å². The van der Waals surface area contributed by atoms with Gasteiger partial charge in [0.25, 0.3) is 5.91 Å². The number of amides is 1. The Balaban J connectivity index is 1.66. The van der Waals surface area contributed by atoms with Crippen LogP contribution in [-0.2, 0) is 9.53 Å². The molecule has 0 bridgehead atoms. The summed E-state index contributed by atoms with van der Waals surface area (Å²) < 4.78 is 5.40. The summed E-state index contributed by atoms with van der Waals surface area (Å²) >= 11 is 7.33. The number of morpholine rings is 1. The van der Waals surface area contributed by atoms with Gasteiger partial charge in [0, 0.05) is 5.02 Å². The Kier molecular flexibility index (Phi) is 6.01. The molecule has 4 rings (SSSR count). The lowest BCUT2D eigenvalue weighted by molar-refractivity contribution is -0.907. The van der Waals surface area contributed by atoms with Gasteiger partial charge in [0.15, 0.2) is 5.76 Å². The van der Waals surface area contributed by atoms with Crippen LogP contribution in [0.1, 0.15) is 21.3 Å². The molecular weight excluding hydrogens is 412 g/mol. The number of carbonyl (C=O) groups excluding carboxylic acids is 2. The maximum absolute atomic E-state index is 13.1. The van der Waals surface area contributed by atoms with Crippen molar-refractivity contribution in [3.63, 3.8) is 0 Å². The fraction of sp³-hybridized carbons (Fsp3) is 0.333. The van der Waals surface area contributed by atoms with Crippen molar-refractivity contribution >= 4 is 34.6 Å². The minimum absolute atomic E-state index is 0.136. The van der Waals surface area contributed by atoms with Crippen molar-refractivity contribution in [2.75, 3.05) is 39.4 Å². The molecule has 1 aromatic carbocycles. The van der Waals surface area contributed by atoms with Crippen LogP contribution in [-0.4, -0.2) is 61.1 Å². The maximum atomic E-state index is 13.1. The molecular formula is C21H22ClN2O4S+. The van der Waals surface area contributed by atoms with Crippen LogP contribution in [0.25, 0.3) is 0 Å². The van der Waals surface area contributed by atoms with Crippen LogP contribution in [0, 0.1) is 0 Å². The molecule has 8 heteroatoms. The smallest absolute Gasteiger partial charge is 0.290 e. The van der Waals surface area contributed by atoms with Gasteiger partial charge in [0.1, 0.15) is 13.1 Å². The molecule has 2 N–H and O–H groups in total. The Morgan fingerprint density at radius 1 is 1.24 bits per heavy atom. The second kappa shape index (κ2) is 8.67. The quantitative estimate of drug-likeness (QED) is 0.682. The maximum Gasteiger partial charge on any atom is 0.290 e. The fourth-order valence-electron chi connectivity index (χ4n) is 3.84. The highest BCUT2D eigenvalue weighted by atomic mass is 35.5. The molecule has 152 valence electrons. The molecule has 1 aromatic heterocycles. The van der Waals surface area contributed by atoms with Gasteiger partial charge < -0.3 is 19.6 Å². The number of hydrogen-bond donors (Lipinski definition) is 2. The number of nitrogens with zero attached hydrogens (tertiary/aromatic N) is 1. The number of rotatable bonds is 6. The van der Waals surface area contributed by atoms with Gasteiger partial charge in [0.2, 0.25) is 5.78 Å². The molecule has 29 heavy (non-hydrogen) atoms. The van der Waals surface area contributed by atoms with Crippen molar-refractivity contribution < 1.29 is 24.3 Å².